The SMILES string of the molecule is O=C(NC[C@H]1C[C@H]2CC[C@@H]1C2)NC1CCCCC1. The second kappa shape index (κ2) is 5.50. The van der Waals surface area contributed by atoms with Gasteiger partial charge in [0.25, 0.3) is 0 Å². The molecule has 3 saturated carbocycles. The number of rotatable bonds is 3. The van der Waals surface area contributed by atoms with Gasteiger partial charge in [0.1, 0.15) is 0 Å². The van der Waals surface area contributed by atoms with Crippen molar-refractivity contribution in [1.82, 2.24) is 10.6 Å². The molecular formula is C15H26N2O. The molecule has 3 nitrogen and oxygen atoms in total. The van der Waals surface area contributed by atoms with Gasteiger partial charge in [-0.3, -0.25) is 0 Å². The Bertz CT molecular complexity index is 299. The van der Waals surface area contributed by atoms with Gasteiger partial charge in [-0.25, -0.2) is 4.79 Å². The lowest BCUT2D eigenvalue weighted by Crippen LogP contribution is -2.44. The van der Waals surface area contributed by atoms with Crippen molar-refractivity contribution in [3.63, 3.8) is 0 Å². The van der Waals surface area contributed by atoms with Crippen LogP contribution in [-0.2, 0) is 0 Å². The summed E-state index contributed by atoms with van der Waals surface area (Å²) >= 11 is 0. The van der Waals surface area contributed by atoms with E-state index in [1.165, 1.54) is 57.8 Å². The van der Waals surface area contributed by atoms with E-state index < -0.39 is 0 Å². The molecule has 0 aromatic rings. The van der Waals surface area contributed by atoms with Crippen molar-refractivity contribution in [3.8, 4) is 0 Å². The quantitative estimate of drug-likeness (QED) is 0.794. The molecule has 3 rings (SSSR count). The smallest absolute Gasteiger partial charge is 0.315 e. The minimum Gasteiger partial charge on any atom is -0.338 e. The summed E-state index contributed by atoms with van der Waals surface area (Å²) in [5.41, 5.74) is 0. The third-order valence-electron chi connectivity index (χ3n) is 5.35. The van der Waals surface area contributed by atoms with Gasteiger partial charge < -0.3 is 10.6 Å². The molecule has 3 aliphatic carbocycles. The lowest BCUT2D eigenvalue weighted by Gasteiger charge is -2.25. The molecule has 0 aromatic carbocycles. The monoisotopic (exact) mass is 250 g/mol. The number of amides is 2. The number of carbonyl (C=O) groups excluding carboxylic acids is 1. The van der Waals surface area contributed by atoms with Crippen molar-refractivity contribution in [2.24, 2.45) is 17.8 Å². The second-order valence-electron chi connectivity index (χ2n) is 6.62. The summed E-state index contributed by atoms with van der Waals surface area (Å²) in [6.07, 6.45) is 11.9. The van der Waals surface area contributed by atoms with Crippen LogP contribution < -0.4 is 10.6 Å². The maximum absolute atomic E-state index is 11.9. The van der Waals surface area contributed by atoms with Crippen LogP contribution in [0.5, 0.6) is 0 Å². The van der Waals surface area contributed by atoms with E-state index in [9.17, 15) is 4.79 Å². The first kappa shape index (κ1) is 12.3. The minimum atomic E-state index is 0.0738. The minimum absolute atomic E-state index is 0.0738. The zero-order valence-corrected chi connectivity index (χ0v) is 11.3. The Hall–Kier alpha value is -0.730. The van der Waals surface area contributed by atoms with Gasteiger partial charge in [-0.05, 0) is 49.9 Å². The number of hydrogen-bond donors (Lipinski definition) is 2. The van der Waals surface area contributed by atoms with Crippen molar-refractivity contribution < 1.29 is 4.79 Å². The predicted molar refractivity (Wildman–Crippen MR) is 72.3 cm³/mol. The molecule has 2 bridgehead atoms. The van der Waals surface area contributed by atoms with E-state index in [0.29, 0.717) is 6.04 Å². The highest BCUT2D eigenvalue weighted by atomic mass is 16.2. The van der Waals surface area contributed by atoms with Crippen LogP contribution in [0.1, 0.15) is 57.8 Å². The highest BCUT2D eigenvalue weighted by molar-refractivity contribution is 5.74. The van der Waals surface area contributed by atoms with E-state index in [2.05, 4.69) is 10.6 Å². The van der Waals surface area contributed by atoms with Crippen LogP contribution in [0.25, 0.3) is 0 Å². The maximum Gasteiger partial charge on any atom is 0.315 e. The molecule has 3 fully saturated rings. The zero-order chi connectivity index (χ0) is 12.4. The summed E-state index contributed by atoms with van der Waals surface area (Å²) in [5.74, 6) is 2.65. The largest absolute Gasteiger partial charge is 0.338 e. The van der Waals surface area contributed by atoms with E-state index in [1.807, 2.05) is 0 Å². The maximum atomic E-state index is 11.9. The van der Waals surface area contributed by atoms with E-state index >= 15 is 0 Å². The predicted octanol–water partition coefficient (Wildman–Crippen LogP) is 3.05. The molecule has 0 heterocycles. The van der Waals surface area contributed by atoms with Crippen LogP contribution in [0.3, 0.4) is 0 Å². The summed E-state index contributed by atoms with van der Waals surface area (Å²) in [4.78, 5) is 11.9. The molecule has 0 aliphatic heterocycles. The first-order chi connectivity index (χ1) is 8.81. The van der Waals surface area contributed by atoms with Gasteiger partial charge in [-0.15, -0.1) is 0 Å². The van der Waals surface area contributed by atoms with Gasteiger partial charge in [0, 0.05) is 12.6 Å². The van der Waals surface area contributed by atoms with Crippen LogP contribution in [0.4, 0.5) is 4.79 Å². The van der Waals surface area contributed by atoms with Crippen molar-refractivity contribution in [3.05, 3.63) is 0 Å². The van der Waals surface area contributed by atoms with Gasteiger partial charge in [0.05, 0.1) is 0 Å². The molecule has 0 radical (unpaired) electrons. The Labute approximate surface area is 110 Å². The number of nitrogens with one attached hydrogen (secondary N) is 2. The van der Waals surface area contributed by atoms with Crippen molar-refractivity contribution >= 4 is 6.03 Å². The number of carbonyl (C=O) groups is 1. The Balaban J connectivity index is 1.36. The van der Waals surface area contributed by atoms with Gasteiger partial charge in [-0.2, -0.15) is 0 Å². The highest BCUT2D eigenvalue weighted by Gasteiger charge is 2.39. The summed E-state index contributed by atoms with van der Waals surface area (Å²) < 4.78 is 0. The molecule has 0 aromatic heterocycles. The van der Waals surface area contributed by atoms with Gasteiger partial charge in [0.2, 0.25) is 0 Å². The molecule has 0 spiro atoms. The Morgan fingerprint density at radius 3 is 2.50 bits per heavy atom. The van der Waals surface area contributed by atoms with Gasteiger partial charge >= 0.3 is 6.03 Å². The third kappa shape index (κ3) is 2.81. The third-order valence-corrected chi connectivity index (χ3v) is 5.35. The van der Waals surface area contributed by atoms with Crippen LogP contribution in [0.2, 0.25) is 0 Å². The highest BCUT2D eigenvalue weighted by Crippen LogP contribution is 2.47. The molecule has 18 heavy (non-hydrogen) atoms. The Morgan fingerprint density at radius 1 is 1.00 bits per heavy atom. The second-order valence-corrected chi connectivity index (χ2v) is 6.62. The fraction of sp³-hybridized carbons (Fsp3) is 0.933. The molecule has 0 unspecified atom stereocenters. The summed E-state index contributed by atoms with van der Waals surface area (Å²) in [6.45, 7) is 0.902. The molecule has 2 amide bonds. The van der Waals surface area contributed by atoms with Crippen molar-refractivity contribution in [2.75, 3.05) is 6.54 Å². The number of fused-ring (bicyclic) bond motifs is 2. The molecule has 3 atom stereocenters. The van der Waals surface area contributed by atoms with Crippen LogP contribution >= 0.6 is 0 Å². The van der Waals surface area contributed by atoms with Crippen LogP contribution in [0, 0.1) is 17.8 Å². The summed E-state index contributed by atoms with van der Waals surface area (Å²) in [6, 6.07) is 0.503. The lowest BCUT2D eigenvalue weighted by atomic mass is 9.89. The van der Waals surface area contributed by atoms with E-state index in [4.69, 9.17) is 0 Å². The first-order valence-corrected chi connectivity index (χ1v) is 7.85. The van der Waals surface area contributed by atoms with Crippen LogP contribution in [0.15, 0.2) is 0 Å². The fourth-order valence-electron chi connectivity index (χ4n) is 4.33. The molecule has 3 aliphatic rings. The molecule has 102 valence electrons. The zero-order valence-electron chi connectivity index (χ0n) is 11.3. The molecule has 3 heteroatoms. The van der Waals surface area contributed by atoms with Crippen LogP contribution in [-0.4, -0.2) is 18.6 Å². The average Bonchev–Trinajstić information content (AvgIpc) is 3.00. The van der Waals surface area contributed by atoms with E-state index in [1.54, 1.807) is 0 Å². The van der Waals surface area contributed by atoms with Crippen molar-refractivity contribution in [1.29, 1.82) is 0 Å². The topological polar surface area (TPSA) is 41.1 Å². The number of urea groups is 1. The fourth-order valence-corrected chi connectivity index (χ4v) is 4.33. The standard InChI is InChI=1S/C15H26N2O/c18-15(17-14-4-2-1-3-5-14)16-10-13-9-11-6-7-12(13)8-11/h11-14H,1-10H2,(H2,16,17,18)/t11-,12+,13+/m0/s1. The van der Waals surface area contributed by atoms with Crippen molar-refractivity contribution in [2.45, 2.75) is 63.8 Å². The summed E-state index contributed by atoms with van der Waals surface area (Å²) in [5, 5.41) is 6.24. The first-order valence-electron chi connectivity index (χ1n) is 7.85. The lowest BCUT2D eigenvalue weighted by molar-refractivity contribution is 0.227. The van der Waals surface area contributed by atoms with E-state index in [-0.39, 0.29) is 6.03 Å². The summed E-state index contributed by atoms with van der Waals surface area (Å²) in [7, 11) is 0. The average molecular weight is 250 g/mol. The van der Waals surface area contributed by atoms with Gasteiger partial charge in [0.15, 0.2) is 0 Å². The molecule has 2 N–H and O–H groups in total. The molecular weight excluding hydrogens is 224 g/mol. The Morgan fingerprint density at radius 2 is 1.83 bits per heavy atom. The normalized spacial score (nSPS) is 35.7. The number of hydrogen-bond acceptors (Lipinski definition) is 1. The Kier molecular flexibility index (Phi) is 3.76. The van der Waals surface area contributed by atoms with Gasteiger partial charge in [-0.1, -0.05) is 25.7 Å². The molecule has 0 saturated heterocycles. The van der Waals surface area contributed by atoms with E-state index in [0.717, 1.165) is 24.3 Å².